The monoisotopic (exact) mass is 265 g/mol. The first kappa shape index (κ1) is 19.6. The Morgan fingerprint density at radius 2 is 1.88 bits per heavy atom. The molecular formula is C12H20KNO3. The van der Waals surface area contributed by atoms with E-state index in [1.165, 1.54) is 19.3 Å². The van der Waals surface area contributed by atoms with Crippen molar-refractivity contribution >= 4 is 63.6 Å². The predicted molar refractivity (Wildman–Crippen MR) is 66.7 cm³/mol. The maximum atomic E-state index is 11.1. The molecule has 92 valence electrons. The molecule has 17 heavy (non-hydrogen) atoms. The Kier molecular flexibility index (Phi) is 16.5. The average Bonchev–Trinajstić information content (AvgIpc) is 2.29. The Hall–Kier alpha value is 0.266. The molecule has 4 nitrogen and oxygen atoms in total. The van der Waals surface area contributed by atoms with Crippen LogP contribution in [0.3, 0.4) is 0 Å². The van der Waals surface area contributed by atoms with E-state index in [2.05, 4.69) is 6.92 Å². The number of unbranched alkanes of at least 4 members (excludes halogenated alkanes) is 5. The second-order valence-electron chi connectivity index (χ2n) is 3.68. The Morgan fingerprint density at radius 3 is 2.41 bits per heavy atom. The Morgan fingerprint density at radius 1 is 1.29 bits per heavy atom. The standard InChI is InChI=1S/C12H19NO3.K.H/c1-2-3-4-5-6-7-8-16-12(15)11(9-13)10-14;;/h10-11H,2-8H2,1H3;;. The van der Waals surface area contributed by atoms with Crippen molar-refractivity contribution < 1.29 is 14.3 Å². The van der Waals surface area contributed by atoms with E-state index in [4.69, 9.17) is 10.00 Å². The fourth-order valence-electron chi connectivity index (χ4n) is 1.28. The number of hydrogen-bond acceptors (Lipinski definition) is 4. The second kappa shape index (κ2) is 14.3. The summed E-state index contributed by atoms with van der Waals surface area (Å²) in [6.07, 6.45) is 6.92. The van der Waals surface area contributed by atoms with E-state index < -0.39 is 11.9 Å². The molecule has 0 aromatic heterocycles. The van der Waals surface area contributed by atoms with E-state index in [1.54, 1.807) is 6.07 Å². The van der Waals surface area contributed by atoms with Crippen LogP contribution in [0.15, 0.2) is 0 Å². The van der Waals surface area contributed by atoms with Crippen molar-refractivity contribution in [1.82, 2.24) is 0 Å². The number of rotatable bonds is 9. The topological polar surface area (TPSA) is 67.2 Å². The number of nitrogens with zero attached hydrogens (tertiary/aromatic N) is 1. The molecule has 0 rings (SSSR count). The summed E-state index contributed by atoms with van der Waals surface area (Å²) in [5, 5.41) is 8.41. The molecule has 0 aliphatic heterocycles. The summed E-state index contributed by atoms with van der Waals surface area (Å²) >= 11 is 0. The third kappa shape index (κ3) is 11.1. The van der Waals surface area contributed by atoms with Gasteiger partial charge in [-0.2, -0.15) is 5.26 Å². The number of hydrogen-bond donors (Lipinski definition) is 0. The fourth-order valence-corrected chi connectivity index (χ4v) is 1.28. The van der Waals surface area contributed by atoms with Crippen molar-refractivity contribution in [3.05, 3.63) is 0 Å². The van der Waals surface area contributed by atoms with Gasteiger partial charge in [0.15, 0.2) is 5.92 Å². The summed E-state index contributed by atoms with van der Waals surface area (Å²) in [6.45, 7) is 2.46. The van der Waals surface area contributed by atoms with E-state index in [0.29, 0.717) is 12.9 Å². The molecular weight excluding hydrogens is 245 g/mol. The Balaban J connectivity index is 0. The summed E-state index contributed by atoms with van der Waals surface area (Å²) in [7, 11) is 0. The van der Waals surface area contributed by atoms with Gasteiger partial charge < -0.3 is 9.53 Å². The van der Waals surface area contributed by atoms with Gasteiger partial charge in [0, 0.05) is 0 Å². The molecule has 0 amide bonds. The van der Waals surface area contributed by atoms with Gasteiger partial charge in [-0.3, -0.25) is 4.79 Å². The third-order valence-electron chi connectivity index (χ3n) is 2.27. The van der Waals surface area contributed by atoms with Crippen molar-refractivity contribution in [2.45, 2.75) is 45.4 Å². The summed E-state index contributed by atoms with van der Waals surface area (Å²) in [4.78, 5) is 21.3. The zero-order chi connectivity index (χ0) is 12.2. The van der Waals surface area contributed by atoms with E-state index in [0.717, 1.165) is 19.3 Å². The second-order valence-corrected chi connectivity index (χ2v) is 3.68. The molecule has 0 aromatic rings. The molecule has 1 unspecified atom stereocenters. The molecule has 0 aliphatic rings. The zero-order valence-electron chi connectivity index (χ0n) is 9.78. The van der Waals surface area contributed by atoms with Crippen LogP contribution in [0.1, 0.15) is 45.4 Å². The van der Waals surface area contributed by atoms with Crippen molar-refractivity contribution in [2.24, 2.45) is 5.92 Å². The number of ether oxygens (including phenoxy) is 1. The van der Waals surface area contributed by atoms with E-state index in [1.807, 2.05) is 0 Å². The molecule has 0 fully saturated rings. The average molecular weight is 265 g/mol. The number of carbonyl (C=O) groups excluding carboxylic acids is 2. The number of aldehydes is 1. The molecule has 0 aliphatic carbocycles. The van der Waals surface area contributed by atoms with Crippen LogP contribution in [-0.4, -0.2) is 70.2 Å². The number of esters is 1. The Bertz CT molecular complexity index is 251. The molecule has 0 N–H and O–H groups in total. The zero-order valence-corrected chi connectivity index (χ0v) is 9.78. The fraction of sp³-hybridized carbons (Fsp3) is 0.750. The summed E-state index contributed by atoms with van der Waals surface area (Å²) in [5.74, 6) is -1.99. The van der Waals surface area contributed by atoms with Gasteiger partial charge in [-0.1, -0.05) is 39.0 Å². The van der Waals surface area contributed by atoms with Gasteiger partial charge in [0.1, 0.15) is 6.29 Å². The van der Waals surface area contributed by atoms with Gasteiger partial charge in [-0.05, 0) is 6.42 Å². The SMILES string of the molecule is CCCCCCCCOC(=O)C(C#N)C=O.[KH]. The van der Waals surface area contributed by atoms with Gasteiger partial charge in [0.2, 0.25) is 0 Å². The van der Waals surface area contributed by atoms with Crippen LogP contribution in [0, 0.1) is 17.2 Å². The Labute approximate surface area is 146 Å². The minimum atomic E-state index is -1.26. The van der Waals surface area contributed by atoms with Gasteiger partial charge in [-0.25, -0.2) is 0 Å². The number of nitriles is 1. The quantitative estimate of drug-likeness (QED) is 0.209. The van der Waals surface area contributed by atoms with E-state index in [-0.39, 0.29) is 51.4 Å². The van der Waals surface area contributed by atoms with E-state index >= 15 is 0 Å². The normalized spacial score (nSPS) is 10.8. The van der Waals surface area contributed by atoms with Gasteiger partial charge in [0.25, 0.3) is 0 Å². The van der Waals surface area contributed by atoms with Crippen molar-refractivity contribution in [1.29, 1.82) is 5.26 Å². The number of carbonyl (C=O) groups is 2. The van der Waals surface area contributed by atoms with Gasteiger partial charge >= 0.3 is 57.4 Å². The predicted octanol–water partition coefficient (Wildman–Crippen LogP) is 1.58. The van der Waals surface area contributed by atoms with Crippen LogP contribution in [0.2, 0.25) is 0 Å². The first-order valence-electron chi connectivity index (χ1n) is 5.77. The first-order valence-corrected chi connectivity index (χ1v) is 5.77. The molecule has 5 heteroatoms. The van der Waals surface area contributed by atoms with Crippen molar-refractivity contribution in [2.75, 3.05) is 6.61 Å². The van der Waals surface area contributed by atoms with Crippen LogP contribution in [0.5, 0.6) is 0 Å². The first-order chi connectivity index (χ1) is 7.76. The van der Waals surface area contributed by atoms with Gasteiger partial charge in [0.05, 0.1) is 12.7 Å². The van der Waals surface area contributed by atoms with Crippen molar-refractivity contribution in [3.8, 4) is 6.07 Å². The molecule has 0 bridgehead atoms. The summed E-state index contributed by atoms with van der Waals surface area (Å²) in [6, 6.07) is 1.58. The molecule has 0 spiro atoms. The van der Waals surface area contributed by atoms with Crippen LogP contribution in [0.4, 0.5) is 0 Å². The summed E-state index contributed by atoms with van der Waals surface area (Å²) in [5.41, 5.74) is 0. The maximum absolute atomic E-state index is 11.1. The molecule has 0 aromatic carbocycles. The van der Waals surface area contributed by atoms with Gasteiger partial charge in [-0.15, -0.1) is 0 Å². The van der Waals surface area contributed by atoms with E-state index in [9.17, 15) is 9.59 Å². The van der Waals surface area contributed by atoms with Crippen molar-refractivity contribution in [3.63, 3.8) is 0 Å². The third-order valence-corrected chi connectivity index (χ3v) is 2.27. The van der Waals surface area contributed by atoms with Crippen LogP contribution < -0.4 is 0 Å². The van der Waals surface area contributed by atoms with Crippen LogP contribution >= 0.6 is 0 Å². The molecule has 0 saturated heterocycles. The molecule has 0 radical (unpaired) electrons. The molecule has 0 heterocycles. The summed E-state index contributed by atoms with van der Waals surface area (Å²) < 4.78 is 4.80. The van der Waals surface area contributed by atoms with Crippen LogP contribution in [-0.2, 0) is 14.3 Å². The molecule has 0 saturated carbocycles. The van der Waals surface area contributed by atoms with Crippen LogP contribution in [0.25, 0.3) is 0 Å². The molecule has 1 atom stereocenters. The minimum absolute atomic E-state index is 0.